The van der Waals surface area contributed by atoms with E-state index in [-0.39, 0.29) is 10.8 Å². The van der Waals surface area contributed by atoms with E-state index in [4.69, 9.17) is 5.26 Å². The molecule has 15 heavy (non-hydrogen) atoms. The van der Waals surface area contributed by atoms with E-state index in [1.807, 2.05) is 5.32 Å². The van der Waals surface area contributed by atoms with Crippen LogP contribution in [0.15, 0.2) is 9.42 Å². The summed E-state index contributed by atoms with van der Waals surface area (Å²) in [6, 6.07) is 0. The summed E-state index contributed by atoms with van der Waals surface area (Å²) < 4.78 is 40.2. The average Bonchev–Trinajstić information content (AvgIpc) is 2.45. The fourth-order valence-electron chi connectivity index (χ4n) is 0.820. The zero-order valence-electron chi connectivity index (χ0n) is 7.55. The second kappa shape index (κ2) is 4.44. The van der Waals surface area contributed by atoms with Gasteiger partial charge in [0.25, 0.3) is 0 Å². The van der Waals surface area contributed by atoms with E-state index in [0.29, 0.717) is 17.5 Å². The Morgan fingerprint density at radius 2 is 2.27 bits per heavy atom. The Balaban J connectivity index is 2.73. The van der Waals surface area contributed by atoms with Gasteiger partial charge in [0.1, 0.15) is 16.8 Å². The number of hydrogen-bond acceptors (Lipinski definition) is 5. The third-order valence-electron chi connectivity index (χ3n) is 1.41. The zero-order valence-corrected chi connectivity index (χ0v) is 8.37. The third kappa shape index (κ3) is 3.36. The lowest BCUT2D eigenvalue weighted by Crippen LogP contribution is -2.21. The molecule has 82 valence electrons. The Bertz CT molecular complexity index is 382. The minimum absolute atomic E-state index is 0.128. The highest BCUT2D eigenvalue weighted by Crippen LogP contribution is 2.30. The first-order valence-electron chi connectivity index (χ1n) is 3.77. The van der Waals surface area contributed by atoms with E-state index in [0.717, 1.165) is 0 Å². The van der Waals surface area contributed by atoms with Gasteiger partial charge in [-0.25, -0.2) is 0 Å². The molecule has 0 unspecified atom stereocenters. The average molecular weight is 237 g/mol. The summed E-state index contributed by atoms with van der Waals surface area (Å²) in [5, 5.41) is 15.6. The van der Waals surface area contributed by atoms with Crippen LogP contribution in [0.3, 0.4) is 0 Å². The van der Waals surface area contributed by atoms with Gasteiger partial charge < -0.3 is 9.84 Å². The molecular formula is C7H6F3N3OS. The Morgan fingerprint density at radius 3 is 2.80 bits per heavy atom. The first-order chi connectivity index (χ1) is 6.94. The molecule has 0 saturated carbocycles. The van der Waals surface area contributed by atoms with E-state index in [2.05, 4.69) is 9.68 Å². The maximum Gasteiger partial charge on any atom is 0.405 e. The van der Waals surface area contributed by atoms with Crippen LogP contribution >= 0.6 is 11.8 Å². The highest BCUT2D eigenvalue weighted by atomic mass is 32.2. The van der Waals surface area contributed by atoms with Crippen molar-refractivity contribution >= 4 is 17.6 Å². The Hall–Kier alpha value is -1.36. The van der Waals surface area contributed by atoms with Gasteiger partial charge in [-0.1, -0.05) is 5.16 Å². The van der Waals surface area contributed by atoms with E-state index < -0.39 is 12.7 Å². The number of halogens is 3. The fraction of sp³-hybridized carbons (Fsp3) is 0.429. The van der Waals surface area contributed by atoms with Crippen LogP contribution in [-0.4, -0.2) is 17.9 Å². The number of alkyl halides is 3. The standard InChI is InChI=1S/C7H6F3N3OS/c1-4-5(15-3-11)6(14-13-4)12-2-7(8,9)10/h12H,2H2,1H3. The predicted molar refractivity (Wildman–Crippen MR) is 47.3 cm³/mol. The highest BCUT2D eigenvalue weighted by molar-refractivity contribution is 8.03. The molecule has 0 spiro atoms. The smallest absolute Gasteiger partial charge is 0.344 e. The van der Waals surface area contributed by atoms with E-state index in [1.165, 1.54) is 0 Å². The summed E-state index contributed by atoms with van der Waals surface area (Å²) >= 11 is 0.705. The monoisotopic (exact) mass is 237 g/mol. The number of nitriles is 1. The molecular weight excluding hydrogens is 231 g/mol. The molecule has 1 aromatic rings. The molecule has 0 saturated heterocycles. The van der Waals surface area contributed by atoms with Gasteiger partial charge in [0.05, 0.1) is 5.69 Å². The summed E-state index contributed by atoms with van der Waals surface area (Å²) in [7, 11) is 0. The summed E-state index contributed by atoms with van der Waals surface area (Å²) in [6.07, 6.45) is -4.34. The second-order valence-corrected chi connectivity index (χ2v) is 3.38. The van der Waals surface area contributed by atoms with Gasteiger partial charge in [-0.05, 0) is 18.7 Å². The molecule has 0 aliphatic carbocycles. The van der Waals surface area contributed by atoms with Crippen molar-refractivity contribution in [2.75, 3.05) is 11.9 Å². The van der Waals surface area contributed by atoms with Crippen molar-refractivity contribution in [2.24, 2.45) is 0 Å². The maximum atomic E-state index is 11.9. The number of thiocyanates is 1. The molecule has 4 nitrogen and oxygen atoms in total. The van der Waals surface area contributed by atoms with Crippen molar-refractivity contribution in [3.63, 3.8) is 0 Å². The molecule has 1 aromatic heterocycles. The number of thioether (sulfide) groups is 1. The van der Waals surface area contributed by atoms with Crippen molar-refractivity contribution in [1.29, 1.82) is 5.26 Å². The van der Waals surface area contributed by atoms with E-state index >= 15 is 0 Å². The van der Waals surface area contributed by atoms with Crippen LogP contribution in [0.2, 0.25) is 0 Å². The number of aryl methyl sites for hydroxylation is 1. The fourth-order valence-corrected chi connectivity index (χ4v) is 1.30. The van der Waals surface area contributed by atoms with Gasteiger partial charge in [-0.2, -0.15) is 18.4 Å². The van der Waals surface area contributed by atoms with Crippen molar-refractivity contribution in [3.05, 3.63) is 5.69 Å². The SMILES string of the molecule is Cc1noc(NCC(F)(F)F)c1SC#N. The van der Waals surface area contributed by atoms with Crippen molar-refractivity contribution < 1.29 is 17.7 Å². The molecule has 1 N–H and O–H groups in total. The largest absolute Gasteiger partial charge is 0.405 e. The molecule has 0 atom stereocenters. The zero-order chi connectivity index (χ0) is 11.5. The van der Waals surface area contributed by atoms with Crippen molar-refractivity contribution in [3.8, 4) is 5.40 Å². The third-order valence-corrected chi connectivity index (χ3v) is 2.18. The molecule has 0 aromatic carbocycles. The summed E-state index contributed by atoms with van der Waals surface area (Å²) in [5.41, 5.74) is 0.381. The van der Waals surface area contributed by atoms with Crippen LogP contribution in [0.1, 0.15) is 5.69 Å². The van der Waals surface area contributed by atoms with Crippen LogP contribution in [0.4, 0.5) is 19.1 Å². The highest BCUT2D eigenvalue weighted by Gasteiger charge is 2.28. The van der Waals surface area contributed by atoms with Crippen LogP contribution in [0, 0.1) is 17.6 Å². The Morgan fingerprint density at radius 1 is 1.60 bits per heavy atom. The van der Waals surface area contributed by atoms with E-state index in [1.54, 1.807) is 12.3 Å². The topological polar surface area (TPSA) is 61.9 Å². The van der Waals surface area contributed by atoms with Gasteiger partial charge in [-0.15, -0.1) is 0 Å². The lowest BCUT2D eigenvalue weighted by atomic mass is 10.4. The number of rotatable bonds is 3. The Labute approximate surface area is 87.4 Å². The summed E-state index contributed by atoms with van der Waals surface area (Å²) in [6.45, 7) is 0.322. The van der Waals surface area contributed by atoms with Crippen molar-refractivity contribution in [1.82, 2.24) is 5.16 Å². The lowest BCUT2D eigenvalue weighted by Gasteiger charge is -2.06. The number of aromatic nitrogens is 1. The van der Waals surface area contributed by atoms with Crippen molar-refractivity contribution in [2.45, 2.75) is 18.0 Å². The predicted octanol–water partition coefficient (Wildman–Crippen LogP) is 2.53. The quantitative estimate of drug-likeness (QED) is 0.646. The van der Waals surface area contributed by atoms with Crippen LogP contribution in [0.25, 0.3) is 0 Å². The molecule has 1 rings (SSSR count). The molecule has 0 radical (unpaired) electrons. The first kappa shape index (κ1) is 11.7. The molecule has 8 heteroatoms. The van der Waals surface area contributed by atoms with Gasteiger partial charge >= 0.3 is 6.18 Å². The summed E-state index contributed by atoms with van der Waals surface area (Å²) in [5.74, 6) is -0.128. The molecule has 0 aliphatic heterocycles. The number of nitrogens with one attached hydrogen (secondary N) is 1. The molecule has 1 heterocycles. The Kier molecular flexibility index (Phi) is 3.47. The second-order valence-electron chi connectivity index (χ2n) is 2.59. The van der Waals surface area contributed by atoms with E-state index in [9.17, 15) is 13.2 Å². The first-order valence-corrected chi connectivity index (χ1v) is 4.58. The minimum atomic E-state index is -4.34. The van der Waals surface area contributed by atoms with Gasteiger partial charge in [0, 0.05) is 0 Å². The minimum Gasteiger partial charge on any atom is -0.344 e. The van der Waals surface area contributed by atoms with Crippen LogP contribution in [-0.2, 0) is 0 Å². The van der Waals surface area contributed by atoms with Gasteiger partial charge in [0.2, 0.25) is 5.88 Å². The number of hydrogen-bond donors (Lipinski definition) is 1. The normalized spacial score (nSPS) is 11.1. The molecule has 0 aliphatic rings. The van der Waals surface area contributed by atoms with Gasteiger partial charge in [-0.3, -0.25) is 0 Å². The molecule has 0 amide bonds. The molecule has 0 bridgehead atoms. The van der Waals surface area contributed by atoms with Crippen LogP contribution in [0.5, 0.6) is 0 Å². The van der Waals surface area contributed by atoms with Gasteiger partial charge in [0.15, 0.2) is 0 Å². The number of anilines is 1. The van der Waals surface area contributed by atoms with Crippen LogP contribution < -0.4 is 5.32 Å². The maximum absolute atomic E-state index is 11.9. The molecule has 0 fully saturated rings. The summed E-state index contributed by atoms with van der Waals surface area (Å²) in [4.78, 5) is 0.279. The lowest BCUT2D eigenvalue weighted by molar-refractivity contribution is -0.115. The number of nitrogens with zero attached hydrogens (tertiary/aromatic N) is 2.